The zero-order chi connectivity index (χ0) is 12.5. The summed E-state index contributed by atoms with van der Waals surface area (Å²) in [6.45, 7) is 2.68. The molecule has 2 aromatic rings. The molecule has 0 bridgehead atoms. The summed E-state index contributed by atoms with van der Waals surface area (Å²) in [5.74, 6) is 0.567. The topological polar surface area (TPSA) is 54.5 Å². The van der Waals surface area contributed by atoms with Crippen LogP contribution in [-0.4, -0.2) is 17.5 Å². The minimum absolute atomic E-state index is 0.123. The van der Waals surface area contributed by atoms with E-state index in [9.17, 15) is 0 Å². The lowest BCUT2D eigenvalue weighted by Crippen LogP contribution is -2.36. The molecule has 1 aromatic carbocycles. The Kier molecular flexibility index (Phi) is 2.76. The second-order valence-electron chi connectivity index (χ2n) is 4.21. The maximum Gasteiger partial charge on any atom is 0.196 e. The van der Waals surface area contributed by atoms with Crippen molar-refractivity contribution in [1.29, 1.82) is 0 Å². The van der Waals surface area contributed by atoms with Crippen LogP contribution in [0.4, 0.5) is 5.69 Å². The maximum atomic E-state index is 6.00. The number of anilines is 1. The normalized spacial score (nSPS) is 19.1. The van der Waals surface area contributed by atoms with Crippen LogP contribution in [0.25, 0.3) is 0 Å². The number of aryl methyl sites for hydroxylation is 1. The highest BCUT2D eigenvalue weighted by atomic mass is 32.1. The molecule has 2 heterocycles. The van der Waals surface area contributed by atoms with Crippen LogP contribution < -0.4 is 10.6 Å². The standard InChI is InChI=1S/C13H14N4S/c1-9-16-11(8-18-9)12-7-15-13(14)17(12)10-5-3-2-4-6-10/h2-6,8,12H,7H2,1H3,(H2,14,15). The van der Waals surface area contributed by atoms with E-state index in [0.717, 1.165) is 16.4 Å². The molecule has 3 rings (SSSR count). The Balaban J connectivity index is 1.97. The van der Waals surface area contributed by atoms with E-state index in [2.05, 4.69) is 20.3 Å². The average molecular weight is 258 g/mol. The summed E-state index contributed by atoms with van der Waals surface area (Å²) in [5, 5.41) is 3.16. The predicted octanol–water partition coefficient (Wildman–Crippen LogP) is 2.33. The summed E-state index contributed by atoms with van der Waals surface area (Å²) in [6, 6.07) is 10.2. The van der Waals surface area contributed by atoms with Crippen LogP contribution in [0, 0.1) is 6.92 Å². The Morgan fingerprint density at radius 2 is 2.11 bits per heavy atom. The van der Waals surface area contributed by atoms with Gasteiger partial charge in [0.05, 0.1) is 23.3 Å². The third kappa shape index (κ3) is 1.86. The van der Waals surface area contributed by atoms with Gasteiger partial charge >= 0.3 is 0 Å². The second-order valence-corrected chi connectivity index (χ2v) is 5.27. The molecule has 92 valence electrons. The van der Waals surface area contributed by atoms with E-state index in [4.69, 9.17) is 5.73 Å². The quantitative estimate of drug-likeness (QED) is 0.899. The van der Waals surface area contributed by atoms with E-state index in [-0.39, 0.29) is 6.04 Å². The molecule has 0 spiro atoms. The van der Waals surface area contributed by atoms with E-state index in [1.165, 1.54) is 0 Å². The zero-order valence-electron chi connectivity index (χ0n) is 10.1. The minimum Gasteiger partial charge on any atom is -0.369 e. The molecule has 2 N–H and O–H groups in total. The van der Waals surface area contributed by atoms with Gasteiger partial charge in [-0.1, -0.05) is 18.2 Å². The van der Waals surface area contributed by atoms with Crippen molar-refractivity contribution < 1.29 is 0 Å². The number of nitrogens with zero attached hydrogens (tertiary/aromatic N) is 3. The highest BCUT2D eigenvalue weighted by molar-refractivity contribution is 7.09. The number of para-hydroxylation sites is 1. The summed E-state index contributed by atoms with van der Waals surface area (Å²) in [4.78, 5) is 10.9. The summed E-state index contributed by atoms with van der Waals surface area (Å²) in [5.41, 5.74) is 8.11. The summed E-state index contributed by atoms with van der Waals surface area (Å²) < 4.78 is 0. The van der Waals surface area contributed by atoms with Gasteiger partial charge < -0.3 is 10.6 Å². The van der Waals surface area contributed by atoms with Crippen molar-refractivity contribution in [2.45, 2.75) is 13.0 Å². The lowest BCUT2D eigenvalue weighted by atomic mass is 10.2. The zero-order valence-corrected chi connectivity index (χ0v) is 10.9. The van der Waals surface area contributed by atoms with Gasteiger partial charge in [-0.25, -0.2) is 4.98 Å². The van der Waals surface area contributed by atoms with Crippen LogP contribution in [0.2, 0.25) is 0 Å². The molecule has 0 saturated heterocycles. The fraction of sp³-hybridized carbons (Fsp3) is 0.231. The molecule has 0 amide bonds. The van der Waals surface area contributed by atoms with Crippen molar-refractivity contribution >= 4 is 23.0 Å². The molecule has 0 aliphatic carbocycles. The number of benzene rings is 1. The molecule has 1 aromatic heterocycles. The number of hydrogen-bond donors (Lipinski definition) is 1. The van der Waals surface area contributed by atoms with Crippen molar-refractivity contribution in [2.24, 2.45) is 10.7 Å². The number of aliphatic imine (C=N–C) groups is 1. The minimum atomic E-state index is 0.123. The van der Waals surface area contributed by atoms with Crippen LogP contribution in [-0.2, 0) is 0 Å². The first-order valence-corrected chi connectivity index (χ1v) is 6.70. The van der Waals surface area contributed by atoms with E-state index >= 15 is 0 Å². The third-order valence-electron chi connectivity index (χ3n) is 3.00. The molecule has 1 unspecified atom stereocenters. The monoisotopic (exact) mass is 258 g/mol. The van der Waals surface area contributed by atoms with Gasteiger partial charge in [-0.3, -0.25) is 4.99 Å². The summed E-state index contributed by atoms with van der Waals surface area (Å²) in [6.07, 6.45) is 0. The number of hydrogen-bond acceptors (Lipinski definition) is 5. The lowest BCUT2D eigenvalue weighted by molar-refractivity contribution is 0.744. The average Bonchev–Trinajstić information content (AvgIpc) is 2.96. The Hall–Kier alpha value is -1.88. The SMILES string of the molecule is Cc1nc(C2CN=C(N)N2c2ccccc2)cs1. The van der Waals surface area contributed by atoms with Crippen molar-refractivity contribution in [3.8, 4) is 0 Å². The Morgan fingerprint density at radius 1 is 1.33 bits per heavy atom. The van der Waals surface area contributed by atoms with Crippen molar-refractivity contribution in [3.63, 3.8) is 0 Å². The van der Waals surface area contributed by atoms with E-state index in [1.807, 2.05) is 37.3 Å². The first-order valence-electron chi connectivity index (χ1n) is 5.82. The van der Waals surface area contributed by atoms with Gasteiger partial charge in [-0.15, -0.1) is 11.3 Å². The molecule has 18 heavy (non-hydrogen) atoms. The maximum absolute atomic E-state index is 6.00. The molecular weight excluding hydrogens is 244 g/mol. The molecule has 4 nitrogen and oxygen atoms in total. The molecule has 1 atom stereocenters. The van der Waals surface area contributed by atoms with Gasteiger partial charge in [0.2, 0.25) is 0 Å². The molecule has 5 heteroatoms. The Labute approximate surface area is 110 Å². The Morgan fingerprint density at radius 3 is 2.78 bits per heavy atom. The highest BCUT2D eigenvalue weighted by Gasteiger charge is 2.30. The largest absolute Gasteiger partial charge is 0.369 e. The molecule has 1 aliphatic heterocycles. The first kappa shape index (κ1) is 11.2. The van der Waals surface area contributed by atoms with E-state index in [0.29, 0.717) is 12.5 Å². The number of rotatable bonds is 2. The lowest BCUT2D eigenvalue weighted by Gasteiger charge is -2.25. The van der Waals surface area contributed by atoms with Gasteiger partial charge in [0.15, 0.2) is 5.96 Å². The van der Waals surface area contributed by atoms with Crippen LogP contribution in [0.5, 0.6) is 0 Å². The van der Waals surface area contributed by atoms with Gasteiger partial charge in [-0.2, -0.15) is 0 Å². The van der Waals surface area contributed by atoms with Gasteiger partial charge in [0, 0.05) is 11.1 Å². The molecule has 0 saturated carbocycles. The fourth-order valence-electron chi connectivity index (χ4n) is 2.16. The van der Waals surface area contributed by atoms with E-state index in [1.54, 1.807) is 11.3 Å². The van der Waals surface area contributed by atoms with Crippen LogP contribution >= 0.6 is 11.3 Å². The fourth-order valence-corrected chi connectivity index (χ4v) is 2.82. The van der Waals surface area contributed by atoms with Crippen LogP contribution in [0.15, 0.2) is 40.7 Å². The van der Waals surface area contributed by atoms with Crippen molar-refractivity contribution in [2.75, 3.05) is 11.4 Å². The van der Waals surface area contributed by atoms with E-state index < -0.39 is 0 Å². The number of guanidine groups is 1. The van der Waals surface area contributed by atoms with Crippen molar-refractivity contribution in [1.82, 2.24) is 4.98 Å². The molecule has 1 aliphatic rings. The van der Waals surface area contributed by atoms with Crippen LogP contribution in [0.1, 0.15) is 16.7 Å². The van der Waals surface area contributed by atoms with Gasteiger partial charge in [-0.05, 0) is 19.1 Å². The number of aromatic nitrogens is 1. The number of nitrogens with two attached hydrogens (primary N) is 1. The summed E-state index contributed by atoms with van der Waals surface area (Å²) in [7, 11) is 0. The second kappa shape index (κ2) is 4.42. The highest BCUT2D eigenvalue weighted by Crippen LogP contribution is 2.31. The molecule has 0 fully saturated rings. The Bertz CT molecular complexity index is 576. The smallest absolute Gasteiger partial charge is 0.196 e. The predicted molar refractivity (Wildman–Crippen MR) is 75.0 cm³/mol. The molecule has 0 radical (unpaired) electrons. The van der Waals surface area contributed by atoms with Gasteiger partial charge in [0.25, 0.3) is 0 Å². The van der Waals surface area contributed by atoms with Crippen molar-refractivity contribution in [3.05, 3.63) is 46.4 Å². The first-order chi connectivity index (χ1) is 8.75. The molecular formula is C13H14N4S. The summed E-state index contributed by atoms with van der Waals surface area (Å²) >= 11 is 1.66. The van der Waals surface area contributed by atoms with Gasteiger partial charge in [0.1, 0.15) is 0 Å². The third-order valence-corrected chi connectivity index (χ3v) is 3.79. The van der Waals surface area contributed by atoms with Crippen LogP contribution in [0.3, 0.4) is 0 Å². The number of thiazole rings is 1.